The van der Waals surface area contributed by atoms with Crippen LogP contribution in [0.1, 0.15) is 55.8 Å². The molecule has 1 aliphatic carbocycles. The summed E-state index contributed by atoms with van der Waals surface area (Å²) < 4.78 is 1.73. The van der Waals surface area contributed by atoms with E-state index < -0.39 is 5.97 Å². The maximum Gasteiger partial charge on any atom is 0.338 e. The molecule has 2 aromatic heterocycles. The average Bonchev–Trinajstić information content (AvgIpc) is 3.29. The molecule has 0 radical (unpaired) electrons. The van der Waals surface area contributed by atoms with E-state index in [0.717, 1.165) is 30.6 Å². The molecule has 0 bridgehead atoms. The Morgan fingerprint density at radius 3 is 2.71 bits per heavy atom. The largest absolute Gasteiger partial charge is 0.478 e. The number of likely N-dealkylation sites (tertiary alicyclic amines) is 1. The molecule has 24 heavy (non-hydrogen) atoms. The molecule has 0 atom stereocenters. The first-order valence-electron chi connectivity index (χ1n) is 8.30. The summed E-state index contributed by atoms with van der Waals surface area (Å²) in [5.74, 6) is -0.820. The second kappa shape index (κ2) is 6.05. The first-order chi connectivity index (χ1) is 11.6. The second-order valence-electron chi connectivity index (χ2n) is 6.45. The van der Waals surface area contributed by atoms with Gasteiger partial charge < -0.3 is 10.0 Å². The van der Waals surface area contributed by atoms with Crippen molar-refractivity contribution in [2.45, 2.75) is 38.1 Å². The number of rotatable bonds is 3. The lowest BCUT2D eigenvalue weighted by atomic mass is 10.0. The highest BCUT2D eigenvalue weighted by Gasteiger charge is 2.27. The third-order valence-electron chi connectivity index (χ3n) is 4.93. The number of nitrogens with zero attached hydrogens (tertiary/aromatic N) is 3. The van der Waals surface area contributed by atoms with Crippen LogP contribution in [0.25, 0.3) is 0 Å². The van der Waals surface area contributed by atoms with Crippen molar-refractivity contribution >= 4 is 23.2 Å². The number of hydrogen-bond donors (Lipinski definition) is 1. The van der Waals surface area contributed by atoms with Crippen LogP contribution in [0.2, 0.25) is 0 Å². The molecule has 1 amide bonds. The summed E-state index contributed by atoms with van der Waals surface area (Å²) in [7, 11) is 0. The highest BCUT2D eigenvalue weighted by Crippen LogP contribution is 2.32. The van der Waals surface area contributed by atoms with Crippen molar-refractivity contribution in [3.63, 3.8) is 0 Å². The number of amides is 1. The molecule has 0 saturated carbocycles. The highest BCUT2D eigenvalue weighted by molar-refractivity contribution is 7.14. The van der Waals surface area contributed by atoms with Crippen molar-refractivity contribution in [2.24, 2.45) is 0 Å². The van der Waals surface area contributed by atoms with Crippen molar-refractivity contribution in [2.75, 3.05) is 13.1 Å². The lowest BCUT2D eigenvalue weighted by Crippen LogP contribution is -2.38. The fraction of sp³-hybridized carbons (Fsp3) is 0.471. The van der Waals surface area contributed by atoms with Crippen LogP contribution in [-0.2, 0) is 12.8 Å². The first-order valence-corrected chi connectivity index (χ1v) is 9.12. The number of piperidine rings is 1. The van der Waals surface area contributed by atoms with Gasteiger partial charge in [-0.15, -0.1) is 11.3 Å². The Balaban J connectivity index is 1.39. The van der Waals surface area contributed by atoms with Crippen LogP contribution in [-0.4, -0.2) is 44.8 Å². The summed E-state index contributed by atoms with van der Waals surface area (Å²) in [6.45, 7) is 1.38. The fourth-order valence-corrected chi connectivity index (χ4v) is 4.79. The fourth-order valence-electron chi connectivity index (χ4n) is 3.57. The lowest BCUT2D eigenvalue weighted by Gasteiger charge is -2.31. The number of hydrogen-bond acceptors (Lipinski definition) is 4. The molecule has 0 aromatic carbocycles. The van der Waals surface area contributed by atoms with Crippen molar-refractivity contribution in [3.8, 4) is 0 Å². The van der Waals surface area contributed by atoms with E-state index in [1.54, 1.807) is 22.2 Å². The van der Waals surface area contributed by atoms with Crippen LogP contribution < -0.4 is 0 Å². The topological polar surface area (TPSA) is 75.4 Å². The van der Waals surface area contributed by atoms with Gasteiger partial charge in [0.2, 0.25) is 0 Å². The molecule has 1 N–H and O–H groups in total. The molecule has 2 aromatic rings. The van der Waals surface area contributed by atoms with Gasteiger partial charge in [0.15, 0.2) is 0 Å². The van der Waals surface area contributed by atoms with Gasteiger partial charge in [-0.25, -0.2) is 4.79 Å². The number of aromatic carboxylic acids is 1. The van der Waals surface area contributed by atoms with E-state index in [-0.39, 0.29) is 17.5 Å². The Morgan fingerprint density at radius 2 is 2.04 bits per heavy atom. The zero-order valence-electron chi connectivity index (χ0n) is 13.3. The van der Waals surface area contributed by atoms with Gasteiger partial charge in [0.05, 0.1) is 22.7 Å². The van der Waals surface area contributed by atoms with Crippen LogP contribution in [0.15, 0.2) is 18.5 Å². The minimum atomic E-state index is -0.959. The summed E-state index contributed by atoms with van der Waals surface area (Å²) in [6, 6.07) is 2.24. The molecule has 7 heteroatoms. The van der Waals surface area contributed by atoms with E-state index >= 15 is 0 Å². The summed E-state index contributed by atoms with van der Waals surface area (Å²) in [6.07, 6.45) is 7.99. The zero-order valence-corrected chi connectivity index (χ0v) is 14.1. The number of carbonyl (C=O) groups is 2. The van der Waals surface area contributed by atoms with Crippen molar-refractivity contribution < 1.29 is 14.7 Å². The SMILES string of the molecule is O=C(O)c1cnn(C2CCN(C(=O)c3cc4c(s3)CCC4)CC2)c1. The Bertz CT molecular complexity index is 765. The molecular weight excluding hydrogens is 326 g/mol. The van der Waals surface area contributed by atoms with Crippen LogP contribution in [0.5, 0.6) is 0 Å². The second-order valence-corrected chi connectivity index (χ2v) is 7.59. The average molecular weight is 345 g/mol. The van der Waals surface area contributed by atoms with E-state index in [1.165, 1.54) is 23.1 Å². The maximum atomic E-state index is 12.7. The lowest BCUT2D eigenvalue weighted by molar-refractivity contribution is 0.0691. The summed E-state index contributed by atoms with van der Waals surface area (Å²) in [5.41, 5.74) is 1.57. The van der Waals surface area contributed by atoms with Crippen LogP contribution >= 0.6 is 11.3 Å². The normalized spacial score (nSPS) is 17.9. The van der Waals surface area contributed by atoms with Crippen LogP contribution in [0.4, 0.5) is 0 Å². The minimum Gasteiger partial charge on any atom is -0.478 e. The molecule has 6 nitrogen and oxygen atoms in total. The summed E-state index contributed by atoms with van der Waals surface area (Å²) in [5, 5.41) is 13.1. The quantitative estimate of drug-likeness (QED) is 0.928. The maximum absolute atomic E-state index is 12.7. The van der Waals surface area contributed by atoms with Crippen molar-refractivity contribution in [3.05, 3.63) is 39.3 Å². The predicted octanol–water partition coefficient (Wildman–Crippen LogP) is 2.61. The number of carboxylic acids is 1. The molecule has 1 aliphatic heterocycles. The summed E-state index contributed by atoms with van der Waals surface area (Å²) >= 11 is 1.65. The number of carbonyl (C=O) groups excluding carboxylic acids is 1. The smallest absolute Gasteiger partial charge is 0.338 e. The molecule has 2 aliphatic rings. The van der Waals surface area contributed by atoms with E-state index in [4.69, 9.17) is 5.11 Å². The van der Waals surface area contributed by atoms with Gasteiger partial charge in [0.25, 0.3) is 5.91 Å². The standard InChI is InChI=1S/C17H19N3O3S/c21-16(15-8-11-2-1-3-14(11)24-15)19-6-4-13(5-7-19)20-10-12(9-18-20)17(22)23/h8-10,13H,1-7H2,(H,22,23). The van der Waals surface area contributed by atoms with Crippen LogP contribution in [0.3, 0.4) is 0 Å². The van der Waals surface area contributed by atoms with Gasteiger partial charge in [-0.05, 0) is 43.7 Å². The molecule has 1 saturated heterocycles. The Hall–Kier alpha value is -2.15. The van der Waals surface area contributed by atoms with Gasteiger partial charge in [0, 0.05) is 24.2 Å². The van der Waals surface area contributed by atoms with Gasteiger partial charge in [-0.2, -0.15) is 5.10 Å². The molecule has 126 valence electrons. The zero-order chi connectivity index (χ0) is 16.7. The van der Waals surface area contributed by atoms with Gasteiger partial charge in [0.1, 0.15) is 0 Å². The highest BCUT2D eigenvalue weighted by atomic mass is 32.1. The number of aromatic nitrogens is 2. The van der Waals surface area contributed by atoms with Crippen LogP contribution in [0, 0.1) is 0 Å². The molecule has 0 spiro atoms. The molecule has 1 fully saturated rings. The van der Waals surface area contributed by atoms with E-state index in [0.29, 0.717) is 13.1 Å². The van der Waals surface area contributed by atoms with Gasteiger partial charge in [-0.3, -0.25) is 9.48 Å². The Morgan fingerprint density at radius 1 is 1.25 bits per heavy atom. The number of fused-ring (bicyclic) bond motifs is 1. The molecule has 4 rings (SSSR count). The minimum absolute atomic E-state index is 0.138. The first kappa shape index (κ1) is 15.4. The van der Waals surface area contributed by atoms with Gasteiger partial charge in [-0.1, -0.05) is 0 Å². The predicted molar refractivity (Wildman–Crippen MR) is 89.7 cm³/mol. The molecule has 0 unspecified atom stereocenters. The van der Waals surface area contributed by atoms with E-state index in [2.05, 4.69) is 11.2 Å². The molecular formula is C17H19N3O3S. The Labute approximate surface area is 143 Å². The molecule has 3 heterocycles. The number of thiophene rings is 1. The number of carboxylic acid groups (broad SMARTS) is 1. The summed E-state index contributed by atoms with van der Waals surface area (Å²) in [4.78, 5) is 27.8. The Kier molecular flexibility index (Phi) is 3.88. The van der Waals surface area contributed by atoms with Crippen molar-refractivity contribution in [1.82, 2.24) is 14.7 Å². The van der Waals surface area contributed by atoms with Gasteiger partial charge >= 0.3 is 5.97 Å². The third kappa shape index (κ3) is 2.73. The van der Waals surface area contributed by atoms with E-state index in [1.807, 2.05) is 4.90 Å². The van der Waals surface area contributed by atoms with E-state index in [9.17, 15) is 9.59 Å². The monoisotopic (exact) mass is 345 g/mol. The number of aryl methyl sites for hydroxylation is 2. The third-order valence-corrected chi connectivity index (χ3v) is 6.16. The van der Waals surface area contributed by atoms with Crippen molar-refractivity contribution in [1.29, 1.82) is 0 Å².